The third-order valence-corrected chi connectivity index (χ3v) is 3.37. The van der Waals surface area contributed by atoms with Crippen LogP contribution in [0.4, 0.5) is 26.3 Å². The van der Waals surface area contributed by atoms with E-state index < -0.39 is 35.3 Å². The van der Waals surface area contributed by atoms with Gasteiger partial charge in [0.25, 0.3) is 0 Å². The maximum atomic E-state index is 13.0. The van der Waals surface area contributed by atoms with Crippen LogP contribution in [0.5, 0.6) is 0 Å². The molecular formula is C13H16F6. The van der Waals surface area contributed by atoms with Crippen molar-refractivity contribution < 1.29 is 26.3 Å². The van der Waals surface area contributed by atoms with E-state index in [1.807, 2.05) is 0 Å². The van der Waals surface area contributed by atoms with E-state index in [9.17, 15) is 26.3 Å². The van der Waals surface area contributed by atoms with Crippen LogP contribution in [0.15, 0.2) is 23.3 Å². The molecule has 6 heteroatoms. The molecule has 0 aromatic carbocycles. The highest BCUT2D eigenvalue weighted by atomic mass is 19.4. The van der Waals surface area contributed by atoms with Crippen LogP contribution >= 0.6 is 0 Å². The third kappa shape index (κ3) is 3.76. The first-order chi connectivity index (χ1) is 8.44. The summed E-state index contributed by atoms with van der Waals surface area (Å²) in [6.07, 6.45) is -8.36. The molecule has 2 unspecified atom stereocenters. The summed E-state index contributed by atoms with van der Waals surface area (Å²) in [7, 11) is 0. The summed E-state index contributed by atoms with van der Waals surface area (Å²) < 4.78 is 77.0. The van der Waals surface area contributed by atoms with Crippen LogP contribution in [0, 0.1) is 17.8 Å². The van der Waals surface area contributed by atoms with E-state index in [-0.39, 0.29) is 18.4 Å². The van der Waals surface area contributed by atoms with E-state index in [1.54, 1.807) is 20.8 Å². The summed E-state index contributed by atoms with van der Waals surface area (Å²) in [4.78, 5) is 0. The highest BCUT2D eigenvalue weighted by molar-refractivity contribution is 5.34. The molecule has 0 saturated carbocycles. The van der Waals surface area contributed by atoms with Crippen molar-refractivity contribution in [2.75, 3.05) is 0 Å². The number of hydrogen-bond donors (Lipinski definition) is 0. The zero-order chi connectivity index (χ0) is 15.0. The largest absolute Gasteiger partial charge is 0.416 e. The van der Waals surface area contributed by atoms with Crippen molar-refractivity contribution in [1.82, 2.24) is 0 Å². The van der Waals surface area contributed by atoms with Gasteiger partial charge in [-0.1, -0.05) is 26.8 Å². The van der Waals surface area contributed by atoms with Crippen molar-refractivity contribution >= 4 is 0 Å². The van der Waals surface area contributed by atoms with Gasteiger partial charge >= 0.3 is 12.4 Å². The molecule has 0 spiro atoms. The molecule has 0 aliphatic heterocycles. The van der Waals surface area contributed by atoms with Gasteiger partial charge in [0, 0.05) is 5.57 Å². The van der Waals surface area contributed by atoms with Gasteiger partial charge in [0.15, 0.2) is 0 Å². The van der Waals surface area contributed by atoms with Crippen LogP contribution in [-0.2, 0) is 0 Å². The molecule has 110 valence electrons. The van der Waals surface area contributed by atoms with Crippen molar-refractivity contribution in [3.05, 3.63) is 23.3 Å². The number of hydrogen-bond acceptors (Lipinski definition) is 0. The maximum Gasteiger partial charge on any atom is 0.416 e. The summed E-state index contributed by atoms with van der Waals surface area (Å²) >= 11 is 0. The van der Waals surface area contributed by atoms with Crippen molar-refractivity contribution in [2.24, 2.45) is 17.8 Å². The average Bonchev–Trinajstić information content (AvgIpc) is 2.34. The lowest BCUT2D eigenvalue weighted by atomic mass is 9.78. The number of alkyl halides is 6. The van der Waals surface area contributed by atoms with Gasteiger partial charge in [-0.05, 0) is 30.3 Å². The fourth-order valence-corrected chi connectivity index (χ4v) is 2.57. The fraction of sp³-hybridized carbons (Fsp3) is 0.692. The Morgan fingerprint density at radius 3 is 1.95 bits per heavy atom. The minimum atomic E-state index is -4.75. The summed E-state index contributed by atoms with van der Waals surface area (Å²) in [6, 6.07) is 0. The van der Waals surface area contributed by atoms with E-state index in [1.165, 1.54) is 0 Å². The second-order valence-electron chi connectivity index (χ2n) is 5.24. The summed E-state index contributed by atoms with van der Waals surface area (Å²) in [6.45, 7) is 4.75. The molecule has 19 heavy (non-hydrogen) atoms. The Kier molecular flexibility index (Phi) is 4.42. The Bertz CT molecular complexity index is 383. The first kappa shape index (κ1) is 16.1. The molecule has 1 aliphatic carbocycles. The lowest BCUT2D eigenvalue weighted by molar-refractivity contribution is -0.105. The van der Waals surface area contributed by atoms with E-state index in [4.69, 9.17) is 0 Å². The van der Waals surface area contributed by atoms with Gasteiger partial charge in [0.1, 0.15) is 0 Å². The van der Waals surface area contributed by atoms with Gasteiger partial charge in [-0.15, -0.1) is 0 Å². The van der Waals surface area contributed by atoms with E-state index in [0.717, 1.165) is 6.08 Å². The molecular weight excluding hydrogens is 270 g/mol. The van der Waals surface area contributed by atoms with Crippen LogP contribution in [-0.4, -0.2) is 12.4 Å². The smallest absolute Gasteiger partial charge is 0.166 e. The molecule has 0 bridgehead atoms. The van der Waals surface area contributed by atoms with Crippen LogP contribution in [0.1, 0.15) is 27.2 Å². The Hall–Kier alpha value is -0.940. The molecule has 0 amide bonds. The lowest BCUT2D eigenvalue weighted by Crippen LogP contribution is -2.28. The predicted octanol–water partition coefficient (Wildman–Crippen LogP) is 5.28. The molecule has 0 nitrogen and oxygen atoms in total. The molecule has 0 N–H and O–H groups in total. The van der Waals surface area contributed by atoms with Gasteiger partial charge in [-0.3, -0.25) is 0 Å². The van der Waals surface area contributed by atoms with Gasteiger partial charge in [0.2, 0.25) is 0 Å². The van der Waals surface area contributed by atoms with Crippen LogP contribution < -0.4 is 0 Å². The zero-order valence-corrected chi connectivity index (χ0v) is 10.9. The van der Waals surface area contributed by atoms with Crippen molar-refractivity contribution in [2.45, 2.75) is 39.5 Å². The van der Waals surface area contributed by atoms with E-state index in [2.05, 4.69) is 0 Å². The topological polar surface area (TPSA) is 0 Å². The Morgan fingerprint density at radius 2 is 1.58 bits per heavy atom. The SMILES string of the molecule is CC(C)C1C(C(F)(F)F)=CC(C(F)(F)F)=CCC1C. The standard InChI is InChI=1S/C13H16F6/c1-7(2)11-8(3)4-5-9(12(14,15)16)6-10(11)13(17,18)19/h5-8,11H,4H2,1-3H3. The Balaban J connectivity index is 3.34. The molecule has 1 aliphatic rings. The van der Waals surface area contributed by atoms with Gasteiger partial charge in [-0.25, -0.2) is 0 Å². The predicted molar refractivity (Wildman–Crippen MR) is 60.4 cm³/mol. The van der Waals surface area contributed by atoms with Gasteiger partial charge in [-0.2, -0.15) is 26.3 Å². The lowest BCUT2D eigenvalue weighted by Gasteiger charge is -2.29. The van der Waals surface area contributed by atoms with E-state index >= 15 is 0 Å². The van der Waals surface area contributed by atoms with Gasteiger partial charge in [0.05, 0.1) is 5.57 Å². The fourth-order valence-electron chi connectivity index (χ4n) is 2.57. The molecule has 0 saturated heterocycles. The minimum absolute atomic E-state index is 0.00618. The van der Waals surface area contributed by atoms with Crippen LogP contribution in [0.3, 0.4) is 0 Å². The van der Waals surface area contributed by atoms with Crippen molar-refractivity contribution in [3.63, 3.8) is 0 Å². The van der Waals surface area contributed by atoms with Crippen LogP contribution in [0.25, 0.3) is 0 Å². The quantitative estimate of drug-likeness (QED) is 0.576. The monoisotopic (exact) mass is 286 g/mol. The molecule has 0 heterocycles. The van der Waals surface area contributed by atoms with E-state index in [0.29, 0.717) is 0 Å². The Morgan fingerprint density at radius 1 is 1.05 bits per heavy atom. The normalized spacial score (nSPS) is 26.0. The molecule has 2 atom stereocenters. The second-order valence-corrected chi connectivity index (χ2v) is 5.24. The molecule has 0 fully saturated rings. The van der Waals surface area contributed by atoms with Crippen LogP contribution in [0.2, 0.25) is 0 Å². The summed E-state index contributed by atoms with van der Waals surface area (Å²) in [5.41, 5.74) is -2.27. The third-order valence-electron chi connectivity index (χ3n) is 3.37. The zero-order valence-electron chi connectivity index (χ0n) is 10.9. The number of rotatable bonds is 1. The molecule has 1 rings (SSSR count). The maximum absolute atomic E-state index is 13.0. The number of allylic oxidation sites excluding steroid dienone is 4. The highest BCUT2D eigenvalue weighted by Gasteiger charge is 2.45. The number of halogens is 6. The minimum Gasteiger partial charge on any atom is -0.166 e. The first-order valence-corrected chi connectivity index (χ1v) is 6.00. The average molecular weight is 286 g/mol. The van der Waals surface area contributed by atoms with Crippen molar-refractivity contribution in [3.8, 4) is 0 Å². The first-order valence-electron chi connectivity index (χ1n) is 6.00. The Labute approximate surface area is 108 Å². The van der Waals surface area contributed by atoms with Gasteiger partial charge < -0.3 is 0 Å². The van der Waals surface area contributed by atoms with Crippen molar-refractivity contribution in [1.29, 1.82) is 0 Å². The second kappa shape index (κ2) is 5.21. The summed E-state index contributed by atoms with van der Waals surface area (Å²) in [5, 5.41) is 0. The summed E-state index contributed by atoms with van der Waals surface area (Å²) in [5.74, 6) is -1.77. The highest BCUT2D eigenvalue weighted by Crippen LogP contribution is 2.44. The molecule has 0 aromatic heterocycles. The molecule has 0 aromatic rings. The molecule has 0 radical (unpaired) electrons.